The van der Waals surface area contributed by atoms with Crippen LogP contribution in [-0.2, 0) is 0 Å². The lowest BCUT2D eigenvalue weighted by molar-refractivity contribution is 0.220. The van der Waals surface area contributed by atoms with Crippen LogP contribution in [0.4, 0.5) is 0 Å². The molecule has 1 saturated heterocycles. The molecule has 2 aliphatic rings. The van der Waals surface area contributed by atoms with Gasteiger partial charge in [0.15, 0.2) is 5.96 Å². The number of rotatable bonds is 3. The molecule has 0 bridgehead atoms. The number of nitrogens with one attached hydrogen (secondary N) is 2. The second kappa shape index (κ2) is 6.78. The second-order valence-corrected chi connectivity index (χ2v) is 5.48. The van der Waals surface area contributed by atoms with E-state index in [0.717, 1.165) is 31.3 Å². The number of hydrogen-bond donors (Lipinski definition) is 2. The molecule has 0 radical (unpaired) electrons. The lowest BCUT2D eigenvalue weighted by Crippen LogP contribution is -2.45. The number of piperidine rings is 1. The lowest BCUT2D eigenvalue weighted by Gasteiger charge is -2.29. The van der Waals surface area contributed by atoms with E-state index in [9.17, 15) is 0 Å². The van der Waals surface area contributed by atoms with Gasteiger partial charge in [-0.15, -0.1) is 0 Å². The first kappa shape index (κ1) is 13.4. The minimum atomic E-state index is 0.536. The van der Waals surface area contributed by atoms with E-state index in [1.807, 2.05) is 7.05 Å². The fourth-order valence-electron chi connectivity index (χ4n) is 2.63. The van der Waals surface area contributed by atoms with Crippen LogP contribution >= 0.6 is 0 Å². The molecule has 0 aromatic heterocycles. The average molecular weight is 250 g/mol. The van der Waals surface area contributed by atoms with Gasteiger partial charge in [0.2, 0.25) is 0 Å². The highest BCUT2D eigenvalue weighted by Crippen LogP contribution is 2.14. The van der Waals surface area contributed by atoms with E-state index >= 15 is 0 Å². The van der Waals surface area contributed by atoms with Gasteiger partial charge in [-0.25, -0.2) is 0 Å². The molecule has 18 heavy (non-hydrogen) atoms. The van der Waals surface area contributed by atoms with Gasteiger partial charge in [-0.1, -0.05) is 12.2 Å². The third-order valence-electron chi connectivity index (χ3n) is 3.97. The number of nitrogens with zero attached hydrogens (tertiary/aromatic N) is 2. The molecule has 2 rings (SSSR count). The lowest BCUT2D eigenvalue weighted by atomic mass is 9.97. The third kappa shape index (κ3) is 4.02. The van der Waals surface area contributed by atoms with Gasteiger partial charge in [-0.3, -0.25) is 4.99 Å². The number of aliphatic imine (C=N–C) groups is 1. The van der Waals surface area contributed by atoms with Crippen LogP contribution in [0.3, 0.4) is 0 Å². The van der Waals surface area contributed by atoms with E-state index in [2.05, 4.69) is 39.7 Å². The van der Waals surface area contributed by atoms with Crippen molar-refractivity contribution in [3.05, 3.63) is 12.2 Å². The van der Waals surface area contributed by atoms with E-state index < -0.39 is 0 Å². The van der Waals surface area contributed by atoms with Crippen LogP contribution in [0.1, 0.15) is 25.7 Å². The number of hydrogen-bond acceptors (Lipinski definition) is 2. The first-order chi connectivity index (χ1) is 8.78. The third-order valence-corrected chi connectivity index (χ3v) is 3.97. The molecule has 0 aromatic rings. The monoisotopic (exact) mass is 250 g/mol. The Balaban J connectivity index is 1.67. The summed E-state index contributed by atoms with van der Waals surface area (Å²) in [5, 5.41) is 6.95. The van der Waals surface area contributed by atoms with E-state index in [1.54, 1.807) is 0 Å². The molecule has 1 aliphatic heterocycles. The molecule has 0 atom stereocenters. The van der Waals surface area contributed by atoms with Crippen molar-refractivity contribution in [2.45, 2.75) is 31.7 Å². The van der Waals surface area contributed by atoms with E-state index in [1.165, 1.54) is 25.9 Å². The predicted molar refractivity (Wildman–Crippen MR) is 76.9 cm³/mol. The fourth-order valence-corrected chi connectivity index (χ4v) is 2.63. The van der Waals surface area contributed by atoms with Gasteiger partial charge in [-0.2, -0.15) is 0 Å². The zero-order valence-corrected chi connectivity index (χ0v) is 11.7. The summed E-state index contributed by atoms with van der Waals surface area (Å²) < 4.78 is 0. The number of guanidine groups is 1. The van der Waals surface area contributed by atoms with Gasteiger partial charge in [0.1, 0.15) is 0 Å². The Bertz CT molecular complexity index is 295. The highest BCUT2D eigenvalue weighted by Gasteiger charge is 2.17. The summed E-state index contributed by atoms with van der Waals surface area (Å²) in [6, 6.07) is 0.536. The molecule has 0 unspecified atom stereocenters. The average Bonchev–Trinajstić information content (AvgIpc) is 2.89. The SMILES string of the molecule is CN=C(NCC1CCN(C)CC1)NC1CC=CC1. The first-order valence-electron chi connectivity index (χ1n) is 7.08. The molecule has 4 nitrogen and oxygen atoms in total. The summed E-state index contributed by atoms with van der Waals surface area (Å²) in [5.74, 6) is 1.75. The molecule has 0 saturated carbocycles. The minimum absolute atomic E-state index is 0.536. The van der Waals surface area contributed by atoms with E-state index in [4.69, 9.17) is 0 Å². The molecular formula is C14H26N4. The highest BCUT2D eigenvalue weighted by atomic mass is 15.2. The van der Waals surface area contributed by atoms with Crippen molar-refractivity contribution < 1.29 is 0 Å². The maximum atomic E-state index is 4.31. The van der Waals surface area contributed by atoms with Crippen molar-refractivity contribution in [3.8, 4) is 0 Å². The van der Waals surface area contributed by atoms with Crippen molar-refractivity contribution in [2.75, 3.05) is 33.7 Å². The summed E-state index contributed by atoms with van der Waals surface area (Å²) in [5.41, 5.74) is 0. The summed E-state index contributed by atoms with van der Waals surface area (Å²) in [6.45, 7) is 3.50. The van der Waals surface area contributed by atoms with Crippen LogP contribution in [-0.4, -0.2) is 50.6 Å². The first-order valence-corrected chi connectivity index (χ1v) is 7.08. The zero-order chi connectivity index (χ0) is 12.8. The topological polar surface area (TPSA) is 39.7 Å². The molecule has 0 aromatic carbocycles. The normalized spacial score (nSPS) is 23.6. The molecule has 1 heterocycles. The Labute approximate surface area is 111 Å². The van der Waals surface area contributed by atoms with Crippen molar-refractivity contribution in [3.63, 3.8) is 0 Å². The molecule has 0 amide bonds. The largest absolute Gasteiger partial charge is 0.356 e. The standard InChI is InChI=1S/C14H26N4/c1-15-14(17-13-5-3-4-6-13)16-11-12-7-9-18(2)10-8-12/h3-4,12-13H,5-11H2,1-2H3,(H2,15,16,17). The van der Waals surface area contributed by atoms with E-state index in [0.29, 0.717) is 6.04 Å². The molecular weight excluding hydrogens is 224 g/mol. The highest BCUT2D eigenvalue weighted by molar-refractivity contribution is 5.80. The Morgan fingerprint density at radius 1 is 1.28 bits per heavy atom. The second-order valence-electron chi connectivity index (χ2n) is 5.48. The van der Waals surface area contributed by atoms with Crippen LogP contribution < -0.4 is 10.6 Å². The Morgan fingerprint density at radius 3 is 2.56 bits per heavy atom. The van der Waals surface area contributed by atoms with Crippen LogP contribution in [0.15, 0.2) is 17.1 Å². The van der Waals surface area contributed by atoms with Crippen molar-refractivity contribution in [1.29, 1.82) is 0 Å². The molecule has 4 heteroatoms. The summed E-state index contributed by atoms with van der Waals surface area (Å²) >= 11 is 0. The Kier molecular flexibility index (Phi) is 5.05. The molecule has 102 valence electrons. The molecule has 1 aliphatic carbocycles. The van der Waals surface area contributed by atoms with Gasteiger partial charge in [-0.05, 0) is 51.7 Å². The van der Waals surface area contributed by atoms with Gasteiger partial charge in [0.05, 0.1) is 0 Å². The van der Waals surface area contributed by atoms with Gasteiger partial charge >= 0.3 is 0 Å². The maximum absolute atomic E-state index is 4.31. The minimum Gasteiger partial charge on any atom is -0.356 e. The Morgan fingerprint density at radius 2 is 1.94 bits per heavy atom. The fraction of sp³-hybridized carbons (Fsp3) is 0.786. The van der Waals surface area contributed by atoms with E-state index in [-0.39, 0.29) is 0 Å². The molecule has 2 N–H and O–H groups in total. The summed E-state index contributed by atoms with van der Waals surface area (Å²) in [4.78, 5) is 6.72. The van der Waals surface area contributed by atoms with Crippen LogP contribution in [0.5, 0.6) is 0 Å². The number of likely N-dealkylation sites (tertiary alicyclic amines) is 1. The van der Waals surface area contributed by atoms with Crippen molar-refractivity contribution in [2.24, 2.45) is 10.9 Å². The summed E-state index contributed by atoms with van der Waals surface area (Å²) in [7, 11) is 4.06. The van der Waals surface area contributed by atoms with Gasteiger partial charge in [0.25, 0.3) is 0 Å². The molecule has 1 fully saturated rings. The maximum Gasteiger partial charge on any atom is 0.191 e. The predicted octanol–water partition coefficient (Wildman–Crippen LogP) is 1.21. The molecule has 0 spiro atoms. The van der Waals surface area contributed by atoms with Crippen molar-refractivity contribution in [1.82, 2.24) is 15.5 Å². The van der Waals surface area contributed by atoms with Gasteiger partial charge in [0, 0.05) is 19.6 Å². The van der Waals surface area contributed by atoms with Crippen LogP contribution in [0, 0.1) is 5.92 Å². The van der Waals surface area contributed by atoms with Crippen LogP contribution in [0.25, 0.3) is 0 Å². The quantitative estimate of drug-likeness (QED) is 0.449. The van der Waals surface area contributed by atoms with Crippen molar-refractivity contribution >= 4 is 5.96 Å². The van der Waals surface area contributed by atoms with Gasteiger partial charge < -0.3 is 15.5 Å². The Hall–Kier alpha value is -1.03. The van der Waals surface area contributed by atoms with Crippen LogP contribution in [0.2, 0.25) is 0 Å². The zero-order valence-electron chi connectivity index (χ0n) is 11.7. The smallest absolute Gasteiger partial charge is 0.191 e. The summed E-state index contributed by atoms with van der Waals surface area (Å²) in [6.07, 6.45) is 9.31.